The molecule has 100 valence electrons. The van der Waals surface area contributed by atoms with Crippen molar-refractivity contribution in [2.24, 2.45) is 0 Å². The van der Waals surface area contributed by atoms with E-state index in [0.717, 1.165) is 0 Å². The van der Waals surface area contributed by atoms with Gasteiger partial charge in [-0.1, -0.05) is 45.9 Å². The Balaban J connectivity index is 3.05. The van der Waals surface area contributed by atoms with Crippen LogP contribution in [0.5, 0.6) is 0 Å². The highest BCUT2D eigenvalue weighted by atomic mass is 16.4. The van der Waals surface area contributed by atoms with E-state index < -0.39 is 6.09 Å². The number of nitrogens with one attached hydrogen (secondary N) is 1. The van der Waals surface area contributed by atoms with Crippen molar-refractivity contribution in [3.63, 3.8) is 0 Å². The molecule has 2 N–H and O–H groups in total. The first-order valence-corrected chi connectivity index (χ1v) is 6.32. The summed E-state index contributed by atoms with van der Waals surface area (Å²) < 4.78 is 0. The Kier molecular flexibility index (Phi) is 4.38. The molecule has 0 heterocycles. The zero-order valence-corrected chi connectivity index (χ0v) is 11.9. The van der Waals surface area contributed by atoms with Gasteiger partial charge in [-0.05, 0) is 29.5 Å². The molecule has 0 atom stereocenters. The number of carbonyl (C=O) groups is 1. The topological polar surface area (TPSA) is 49.3 Å². The maximum absolute atomic E-state index is 10.6. The summed E-state index contributed by atoms with van der Waals surface area (Å²) in [7, 11) is 0. The van der Waals surface area contributed by atoms with E-state index in [-0.39, 0.29) is 5.41 Å². The number of hydrogen-bond acceptors (Lipinski definition) is 1. The van der Waals surface area contributed by atoms with Crippen LogP contribution >= 0.6 is 0 Å². The lowest BCUT2D eigenvalue weighted by molar-refractivity contribution is 0.192. The first kappa shape index (κ1) is 14.6. The van der Waals surface area contributed by atoms with Gasteiger partial charge in [-0.2, -0.15) is 0 Å². The van der Waals surface area contributed by atoms with Crippen molar-refractivity contribution in [2.45, 2.75) is 46.0 Å². The molecule has 1 amide bonds. The van der Waals surface area contributed by atoms with Crippen LogP contribution in [0, 0.1) is 6.92 Å². The van der Waals surface area contributed by atoms with Crippen LogP contribution in [0.3, 0.4) is 0 Å². The standard InChI is InChI=1S/C15H23NO2/c1-10(2)12-7-6-11(3)13(8-12)15(4,5)9-16-14(17)18/h6-8,10,16H,9H2,1-5H3,(H,17,18). The van der Waals surface area contributed by atoms with Gasteiger partial charge in [0.2, 0.25) is 0 Å². The van der Waals surface area contributed by atoms with Crippen LogP contribution in [0.4, 0.5) is 4.79 Å². The van der Waals surface area contributed by atoms with Crippen molar-refractivity contribution in [1.29, 1.82) is 0 Å². The molecule has 1 aromatic carbocycles. The molecule has 0 aliphatic carbocycles. The van der Waals surface area contributed by atoms with Crippen molar-refractivity contribution in [1.82, 2.24) is 5.32 Å². The minimum Gasteiger partial charge on any atom is -0.465 e. The molecule has 0 aliphatic rings. The first-order valence-electron chi connectivity index (χ1n) is 6.32. The second kappa shape index (κ2) is 5.42. The molecule has 0 aliphatic heterocycles. The van der Waals surface area contributed by atoms with Crippen LogP contribution < -0.4 is 5.32 Å². The number of hydrogen-bond donors (Lipinski definition) is 2. The van der Waals surface area contributed by atoms with E-state index in [1.165, 1.54) is 16.7 Å². The van der Waals surface area contributed by atoms with E-state index >= 15 is 0 Å². The van der Waals surface area contributed by atoms with Gasteiger partial charge in [-0.15, -0.1) is 0 Å². The lowest BCUT2D eigenvalue weighted by Gasteiger charge is -2.28. The van der Waals surface area contributed by atoms with Crippen LogP contribution in [0.1, 0.15) is 50.3 Å². The van der Waals surface area contributed by atoms with Gasteiger partial charge in [0, 0.05) is 12.0 Å². The van der Waals surface area contributed by atoms with Crippen molar-refractivity contribution in [2.75, 3.05) is 6.54 Å². The van der Waals surface area contributed by atoms with Gasteiger partial charge in [-0.25, -0.2) is 4.79 Å². The Hall–Kier alpha value is -1.51. The second-order valence-corrected chi connectivity index (χ2v) is 5.77. The predicted molar refractivity (Wildman–Crippen MR) is 74.3 cm³/mol. The van der Waals surface area contributed by atoms with Crippen molar-refractivity contribution < 1.29 is 9.90 Å². The SMILES string of the molecule is Cc1ccc(C(C)C)cc1C(C)(C)CNC(=O)O. The third kappa shape index (κ3) is 3.49. The summed E-state index contributed by atoms with van der Waals surface area (Å²) in [6.07, 6.45) is -0.972. The third-order valence-corrected chi connectivity index (χ3v) is 3.34. The quantitative estimate of drug-likeness (QED) is 0.855. The molecule has 3 nitrogen and oxygen atoms in total. The molecule has 0 bridgehead atoms. The maximum atomic E-state index is 10.6. The number of rotatable bonds is 4. The fourth-order valence-corrected chi connectivity index (χ4v) is 2.12. The van der Waals surface area contributed by atoms with Gasteiger partial charge in [0.25, 0.3) is 0 Å². The van der Waals surface area contributed by atoms with Crippen LogP contribution in [0.2, 0.25) is 0 Å². The molecular formula is C15H23NO2. The Bertz CT molecular complexity index is 436. The summed E-state index contributed by atoms with van der Waals surface area (Å²) in [4.78, 5) is 10.6. The predicted octanol–water partition coefficient (Wildman–Crippen LogP) is 3.66. The van der Waals surface area contributed by atoms with Gasteiger partial charge in [0.1, 0.15) is 0 Å². The summed E-state index contributed by atoms with van der Waals surface area (Å²) in [5.41, 5.74) is 3.51. The number of amides is 1. The highest BCUT2D eigenvalue weighted by Crippen LogP contribution is 2.28. The molecule has 18 heavy (non-hydrogen) atoms. The lowest BCUT2D eigenvalue weighted by atomic mass is 9.80. The molecule has 0 saturated heterocycles. The molecule has 0 saturated carbocycles. The summed E-state index contributed by atoms with van der Waals surface area (Å²) in [6.45, 7) is 10.9. The van der Waals surface area contributed by atoms with Crippen molar-refractivity contribution in [3.05, 3.63) is 34.9 Å². The monoisotopic (exact) mass is 249 g/mol. The van der Waals surface area contributed by atoms with Crippen molar-refractivity contribution >= 4 is 6.09 Å². The molecular weight excluding hydrogens is 226 g/mol. The Labute approximate surface area is 109 Å². The van der Waals surface area contributed by atoms with Gasteiger partial charge in [0.15, 0.2) is 0 Å². The highest BCUT2D eigenvalue weighted by molar-refractivity contribution is 5.64. The summed E-state index contributed by atoms with van der Waals surface area (Å²) in [6, 6.07) is 6.46. The van der Waals surface area contributed by atoms with Crippen molar-refractivity contribution in [3.8, 4) is 0 Å². The zero-order chi connectivity index (χ0) is 13.9. The lowest BCUT2D eigenvalue weighted by Crippen LogP contribution is -2.36. The smallest absolute Gasteiger partial charge is 0.404 e. The summed E-state index contributed by atoms with van der Waals surface area (Å²) in [5.74, 6) is 0.479. The Morgan fingerprint density at radius 3 is 2.50 bits per heavy atom. The van der Waals surface area contributed by atoms with E-state index in [2.05, 4.69) is 58.1 Å². The molecule has 0 spiro atoms. The van der Waals surface area contributed by atoms with E-state index in [1.807, 2.05) is 0 Å². The number of carboxylic acid groups (broad SMARTS) is 1. The summed E-state index contributed by atoms with van der Waals surface area (Å²) >= 11 is 0. The number of benzene rings is 1. The van der Waals surface area contributed by atoms with Crippen LogP contribution in [-0.2, 0) is 5.41 Å². The first-order chi connectivity index (χ1) is 8.24. The second-order valence-electron chi connectivity index (χ2n) is 5.77. The van der Waals surface area contributed by atoms with Crippen LogP contribution in [0.15, 0.2) is 18.2 Å². The highest BCUT2D eigenvalue weighted by Gasteiger charge is 2.23. The van der Waals surface area contributed by atoms with Crippen LogP contribution in [0.25, 0.3) is 0 Å². The third-order valence-electron chi connectivity index (χ3n) is 3.34. The van der Waals surface area contributed by atoms with E-state index in [9.17, 15) is 4.79 Å². The Morgan fingerprint density at radius 2 is 2.00 bits per heavy atom. The van der Waals surface area contributed by atoms with E-state index in [4.69, 9.17) is 5.11 Å². The minimum absolute atomic E-state index is 0.201. The fraction of sp³-hybridized carbons (Fsp3) is 0.533. The maximum Gasteiger partial charge on any atom is 0.404 e. The average Bonchev–Trinajstić information content (AvgIpc) is 2.26. The van der Waals surface area contributed by atoms with Gasteiger partial charge in [0.05, 0.1) is 0 Å². The molecule has 0 radical (unpaired) electrons. The molecule has 0 unspecified atom stereocenters. The molecule has 3 heteroatoms. The molecule has 1 aromatic rings. The molecule has 0 aromatic heterocycles. The van der Waals surface area contributed by atoms with Gasteiger partial charge in [-0.3, -0.25) is 0 Å². The molecule has 1 rings (SSSR count). The Morgan fingerprint density at radius 1 is 1.39 bits per heavy atom. The normalized spacial score (nSPS) is 11.7. The fourth-order valence-electron chi connectivity index (χ4n) is 2.12. The van der Waals surface area contributed by atoms with E-state index in [0.29, 0.717) is 12.5 Å². The van der Waals surface area contributed by atoms with E-state index in [1.54, 1.807) is 0 Å². The molecule has 0 fully saturated rings. The summed E-state index contributed by atoms with van der Waals surface area (Å²) in [5, 5.41) is 11.2. The zero-order valence-electron chi connectivity index (χ0n) is 11.9. The van der Waals surface area contributed by atoms with Gasteiger partial charge >= 0.3 is 6.09 Å². The number of aryl methyl sites for hydroxylation is 1. The van der Waals surface area contributed by atoms with Gasteiger partial charge < -0.3 is 10.4 Å². The average molecular weight is 249 g/mol. The minimum atomic E-state index is -0.972. The largest absolute Gasteiger partial charge is 0.465 e. The van der Waals surface area contributed by atoms with Crippen LogP contribution in [-0.4, -0.2) is 17.7 Å².